The topological polar surface area (TPSA) is 90.8 Å². The van der Waals surface area contributed by atoms with Crippen LogP contribution in [0.3, 0.4) is 0 Å². The lowest BCUT2D eigenvalue weighted by Crippen LogP contribution is -2.47. The number of rotatable bonds is 5. The first-order chi connectivity index (χ1) is 18.1. The third kappa shape index (κ3) is 7.02. The first kappa shape index (κ1) is 28.7. The Morgan fingerprint density at radius 3 is 2.11 bits per heavy atom. The molecule has 0 amide bonds. The van der Waals surface area contributed by atoms with Crippen LogP contribution in [0.1, 0.15) is 38.9 Å². The molecule has 0 aliphatic carbocycles. The van der Waals surface area contributed by atoms with Gasteiger partial charge in [0, 0.05) is 13.1 Å². The minimum atomic E-state index is -0.413. The average molecular weight is 601 g/mol. The summed E-state index contributed by atoms with van der Waals surface area (Å²) >= 11 is 23.8. The third-order valence-corrected chi connectivity index (χ3v) is 7.65. The standard InChI is InChI=1S/C16H22Cl2N4O.C9H7Cl2N3O/c1-11-19-16(23-12(2)21-8-4-3-5-9-21)22(20-11)13-6-7-14(17)15(18)10-13;1-5-12-9(15)13-14(5)6-2-3-7(10)8(11)4-6/h6-7,10,12,16H,3-5,8-9H2,1-2H3,(H,19,20);2-4H,1H3,(H,13,15). The van der Waals surface area contributed by atoms with Gasteiger partial charge in [0.25, 0.3) is 0 Å². The van der Waals surface area contributed by atoms with Gasteiger partial charge in [0.15, 0.2) is 0 Å². The van der Waals surface area contributed by atoms with Gasteiger partial charge in [-0.05, 0) is 70.0 Å². The zero-order chi connectivity index (χ0) is 27.4. The van der Waals surface area contributed by atoms with E-state index in [1.54, 1.807) is 35.9 Å². The van der Waals surface area contributed by atoms with Crippen LogP contribution < -0.4 is 16.1 Å². The molecule has 2 N–H and O–H groups in total. The number of nitrogens with one attached hydrogen (secondary N) is 2. The molecule has 0 radical (unpaired) electrons. The number of benzene rings is 2. The van der Waals surface area contributed by atoms with Gasteiger partial charge in [-0.25, -0.2) is 24.6 Å². The summed E-state index contributed by atoms with van der Waals surface area (Å²) in [5.74, 6) is 1.38. The summed E-state index contributed by atoms with van der Waals surface area (Å²) in [4.78, 5) is 21.6. The van der Waals surface area contributed by atoms with Crippen molar-refractivity contribution < 1.29 is 4.74 Å². The van der Waals surface area contributed by atoms with Crippen LogP contribution in [-0.4, -0.2) is 51.2 Å². The number of aromatic amines is 1. The summed E-state index contributed by atoms with van der Waals surface area (Å²) in [6.45, 7) is 7.88. The van der Waals surface area contributed by atoms with Crippen molar-refractivity contribution in [2.24, 2.45) is 4.99 Å². The van der Waals surface area contributed by atoms with E-state index in [-0.39, 0.29) is 6.23 Å². The predicted octanol–water partition coefficient (Wildman–Crippen LogP) is 6.04. The van der Waals surface area contributed by atoms with E-state index < -0.39 is 12.0 Å². The average Bonchev–Trinajstić information content (AvgIpc) is 3.43. The summed E-state index contributed by atoms with van der Waals surface area (Å²) in [7, 11) is 0. The lowest BCUT2D eigenvalue weighted by Gasteiger charge is -2.35. The first-order valence-electron chi connectivity index (χ1n) is 12.2. The summed E-state index contributed by atoms with van der Waals surface area (Å²) < 4.78 is 7.73. The number of halogens is 4. The Labute approximate surface area is 241 Å². The maximum absolute atomic E-state index is 11.0. The Kier molecular flexibility index (Phi) is 9.62. The van der Waals surface area contributed by atoms with Gasteiger partial charge in [-0.2, -0.15) is 4.98 Å². The second kappa shape index (κ2) is 12.7. The van der Waals surface area contributed by atoms with Gasteiger partial charge in [0.1, 0.15) is 17.9 Å². The molecule has 1 saturated heterocycles. The molecule has 38 heavy (non-hydrogen) atoms. The van der Waals surface area contributed by atoms with Crippen molar-refractivity contribution in [3.05, 3.63) is 72.8 Å². The molecule has 204 valence electrons. The van der Waals surface area contributed by atoms with Gasteiger partial charge >= 0.3 is 5.69 Å². The van der Waals surface area contributed by atoms with Crippen LogP contribution in [0.15, 0.2) is 46.2 Å². The number of nitrogens with zero attached hydrogens (tertiary/aromatic N) is 5. The van der Waals surface area contributed by atoms with Crippen molar-refractivity contribution >= 4 is 57.9 Å². The molecular formula is C25H29Cl4N7O2. The fourth-order valence-corrected chi connectivity index (χ4v) is 4.80. The van der Waals surface area contributed by atoms with E-state index in [1.807, 2.05) is 24.1 Å². The number of aromatic nitrogens is 3. The van der Waals surface area contributed by atoms with E-state index in [0.29, 0.717) is 25.9 Å². The number of piperidine rings is 1. The smallest absolute Gasteiger partial charge is 0.319 e. The highest BCUT2D eigenvalue weighted by molar-refractivity contribution is 6.42. The third-order valence-electron chi connectivity index (χ3n) is 6.17. The van der Waals surface area contributed by atoms with Crippen molar-refractivity contribution in [3.63, 3.8) is 0 Å². The van der Waals surface area contributed by atoms with Gasteiger partial charge in [-0.1, -0.05) is 52.8 Å². The Hall–Kier alpha value is -2.27. The number of H-pyrrole nitrogens is 1. The van der Waals surface area contributed by atoms with Crippen molar-refractivity contribution in [2.75, 3.05) is 18.1 Å². The highest BCUT2D eigenvalue weighted by atomic mass is 35.5. The molecule has 1 aromatic heterocycles. The van der Waals surface area contributed by atoms with Crippen LogP contribution in [0.25, 0.3) is 5.69 Å². The number of aliphatic imine (C=N–C) groups is 1. The number of aryl methyl sites for hydroxylation is 1. The van der Waals surface area contributed by atoms with Crippen LogP contribution in [-0.2, 0) is 4.74 Å². The number of likely N-dealkylation sites (tertiary alicyclic amines) is 1. The van der Waals surface area contributed by atoms with E-state index in [4.69, 9.17) is 51.1 Å². The van der Waals surface area contributed by atoms with E-state index >= 15 is 0 Å². The molecule has 9 nitrogen and oxygen atoms in total. The lowest BCUT2D eigenvalue weighted by molar-refractivity contribution is -0.0907. The number of hydrogen-bond acceptors (Lipinski definition) is 7. The van der Waals surface area contributed by atoms with E-state index in [9.17, 15) is 4.79 Å². The van der Waals surface area contributed by atoms with Gasteiger partial charge < -0.3 is 4.74 Å². The fraction of sp³-hybridized carbons (Fsp3) is 0.400. The van der Waals surface area contributed by atoms with Crippen molar-refractivity contribution in [2.45, 2.75) is 52.6 Å². The van der Waals surface area contributed by atoms with Crippen LogP contribution in [0.4, 0.5) is 5.69 Å². The van der Waals surface area contributed by atoms with Gasteiger partial charge in [0.2, 0.25) is 6.35 Å². The Morgan fingerprint density at radius 2 is 1.53 bits per heavy atom. The SMILES string of the molecule is CC1=NC(OC(C)N2CCCCC2)N(c2ccc(Cl)c(Cl)c2)N1.Cc1nc(=O)[nH]n1-c1ccc(Cl)c(Cl)c1. The lowest BCUT2D eigenvalue weighted by atomic mass is 10.1. The van der Waals surface area contributed by atoms with Crippen LogP contribution >= 0.6 is 46.4 Å². The molecule has 3 aromatic rings. The van der Waals surface area contributed by atoms with Gasteiger partial charge in [-0.3, -0.25) is 10.3 Å². The summed E-state index contributed by atoms with van der Waals surface area (Å²) in [6, 6.07) is 10.6. The number of hydrazine groups is 1. The molecule has 0 bridgehead atoms. The zero-order valence-corrected chi connectivity index (χ0v) is 24.2. The van der Waals surface area contributed by atoms with E-state index in [2.05, 4.69) is 32.3 Å². The molecule has 2 atom stereocenters. The number of anilines is 1. The minimum absolute atomic E-state index is 0.0158. The normalized spacial score (nSPS) is 18.4. The molecule has 3 heterocycles. The monoisotopic (exact) mass is 599 g/mol. The van der Waals surface area contributed by atoms with Crippen LogP contribution in [0.2, 0.25) is 20.1 Å². The molecule has 2 aliphatic rings. The maximum Gasteiger partial charge on any atom is 0.361 e. The molecule has 5 rings (SSSR count). The zero-order valence-electron chi connectivity index (χ0n) is 21.2. The summed E-state index contributed by atoms with van der Waals surface area (Å²) in [6.07, 6.45) is 3.37. The molecule has 0 spiro atoms. The first-order valence-corrected chi connectivity index (χ1v) is 13.7. The molecule has 2 aliphatic heterocycles. The predicted molar refractivity (Wildman–Crippen MR) is 154 cm³/mol. The van der Waals surface area contributed by atoms with E-state index in [1.165, 1.54) is 19.3 Å². The molecule has 0 saturated carbocycles. The van der Waals surface area contributed by atoms with Gasteiger partial charge in [-0.15, -0.1) is 0 Å². The minimum Gasteiger partial charge on any atom is -0.319 e. The summed E-state index contributed by atoms with van der Waals surface area (Å²) in [5, 5.41) is 6.38. The second-order valence-corrected chi connectivity index (χ2v) is 10.6. The Balaban J connectivity index is 0.000000194. The molecule has 1 fully saturated rings. The molecule has 13 heteroatoms. The molecular weight excluding hydrogens is 572 g/mol. The van der Waals surface area contributed by atoms with Crippen LogP contribution in [0.5, 0.6) is 0 Å². The molecule has 2 aromatic carbocycles. The number of ether oxygens (including phenoxy) is 1. The second-order valence-electron chi connectivity index (χ2n) is 8.96. The van der Waals surface area contributed by atoms with Gasteiger partial charge in [0.05, 0.1) is 31.5 Å². The number of hydrogen-bond donors (Lipinski definition) is 2. The van der Waals surface area contributed by atoms with Crippen molar-refractivity contribution in [1.29, 1.82) is 0 Å². The quantitative estimate of drug-likeness (QED) is 0.371. The number of amidine groups is 1. The Morgan fingerprint density at radius 1 is 0.921 bits per heavy atom. The fourth-order valence-electron chi connectivity index (χ4n) is 4.22. The van der Waals surface area contributed by atoms with Crippen molar-refractivity contribution in [1.82, 2.24) is 25.1 Å². The maximum atomic E-state index is 11.0. The van der Waals surface area contributed by atoms with E-state index in [0.717, 1.165) is 30.3 Å². The van der Waals surface area contributed by atoms with Crippen LogP contribution in [0, 0.1) is 6.92 Å². The van der Waals surface area contributed by atoms with Crippen molar-refractivity contribution in [3.8, 4) is 5.69 Å². The molecule has 2 unspecified atom stereocenters. The summed E-state index contributed by atoms with van der Waals surface area (Å²) in [5.41, 5.74) is 4.41. The highest BCUT2D eigenvalue weighted by Crippen LogP contribution is 2.29. The largest absolute Gasteiger partial charge is 0.361 e. The Bertz CT molecular complexity index is 1350. The highest BCUT2D eigenvalue weighted by Gasteiger charge is 2.29.